The summed E-state index contributed by atoms with van der Waals surface area (Å²) in [5, 5.41) is 12.9. The number of hydrogen-bond acceptors (Lipinski definition) is 6. The number of carbonyl (C=O) groups excluding carboxylic acids is 1. The molecule has 4 aromatic rings. The fourth-order valence-corrected chi connectivity index (χ4v) is 4.99. The van der Waals surface area contributed by atoms with Crippen LogP contribution in [0.15, 0.2) is 77.3 Å². The van der Waals surface area contributed by atoms with E-state index in [-0.39, 0.29) is 18.9 Å². The summed E-state index contributed by atoms with van der Waals surface area (Å²) in [6.45, 7) is 1.96. The van der Waals surface area contributed by atoms with Crippen molar-refractivity contribution < 1.29 is 23.8 Å². The van der Waals surface area contributed by atoms with Gasteiger partial charge < -0.3 is 19.6 Å². The van der Waals surface area contributed by atoms with Crippen LogP contribution in [0.4, 0.5) is 0 Å². The van der Waals surface area contributed by atoms with Crippen LogP contribution in [-0.2, 0) is 9.53 Å². The summed E-state index contributed by atoms with van der Waals surface area (Å²) < 4.78 is 11.9. The van der Waals surface area contributed by atoms with Crippen LogP contribution in [0.5, 0.6) is 0 Å². The van der Waals surface area contributed by atoms with Crippen molar-refractivity contribution in [3.63, 3.8) is 0 Å². The van der Waals surface area contributed by atoms with Gasteiger partial charge in [0.2, 0.25) is 5.89 Å². The molecule has 0 fully saturated rings. The van der Waals surface area contributed by atoms with E-state index >= 15 is 0 Å². The molecule has 2 N–H and O–H groups in total. The van der Waals surface area contributed by atoms with E-state index in [0.717, 1.165) is 22.3 Å². The average Bonchev–Trinajstić information content (AvgIpc) is 3.41. The van der Waals surface area contributed by atoms with Crippen molar-refractivity contribution in [2.75, 3.05) is 19.1 Å². The monoisotopic (exact) mass is 572 g/mol. The Morgan fingerprint density at radius 3 is 2.55 bits per heavy atom. The first-order valence-electron chi connectivity index (χ1n) is 12.3. The summed E-state index contributed by atoms with van der Waals surface area (Å²) in [6, 6.07) is 19.3. The molecule has 3 aromatic carbocycles. The van der Waals surface area contributed by atoms with Gasteiger partial charge in [-0.15, -0.1) is 0 Å². The Morgan fingerprint density at radius 2 is 1.88 bits per heavy atom. The Balaban J connectivity index is 0.00000441. The normalized spacial score (nSPS) is 12.3. The second kappa shape index (κ2) is 14.6. The van der Waals surface area contributed by atoms with E-state index < -0.39 is 24.0 Å². The molecule has 0 spiro atoms. The molecule has 0 aliphatic rings. The molecule has 2 atom stereocenters. The van der Waals surface area contributed by atoms with Crippen molar-refractivity contribution in [3.05, 3.63) is 100 Å². The molecule has 1 aromatic heterocycles. The van der Waals surface area contributed by atoms with E-state index in [1.807, 2.05) is 55.6 Å². The van der Waals surface area contributed by atoms with Crippen LogP contribution in [0.3, 0.4) is 0 Å². The van der Waals surface area contributed by atoms with Gasteiger partial charge in [-0.05, 0) is 77.9 Å². The number of amides is 1. The summed E-state index contributed by atoms with van der Waals surface area (Å²) in [6.07, 6.45) is 3.24. The first-order valence-corrected chi connectivity index (χ1v) is 14.1. The van der Waals surface area contributed by atoms with Gasteiger partial charge in [0, 0.05) is 23.3 Å². The molecule has 0 radical (unpaired) electrons. The molecule has 0 saturated carbocycles. The third-order valence-electron chi connectivity index (χ3n) is 6.33. The van der Waals surface area contributed by atoms with Gasteiger partial charge in [-0.2, -0.15) is 11.8 Å². The number of nitrogens with one attached hydrogen (secondary N) is 1. The van der Waals surface area contributed by atoms with E-state index in [2.05, 4.69) is 10.3 Å². The van der Waals surface area contributed by atoms with E-state index in [1.165, 1.54) is 11.8 Å². The number of carboxylic acid groups (broad SMARTS) is 1. The number of methoxy groups -OCH3 is 1. The predicted molar refractivity (Wildman–Crippen MR) is 161 cm³/mol. The number of thioether (sulfide) groups is 1. The average molecular weight is 573 g/mol. The number of halogens is 1. The second-order valence-electron chi connectivity index (χ2n) is 8.96. The minimum absolute atomic E-state index is 0. The van der Waals surface area contributed by atoms with Crippen LogP contribution in [0.25, 0.3) is 22.6 Å². The van der Waals surface area contributed by atoms with Crippen LogP contribution in [0.2, 0.25) is 5.02 Å². The van der Waals surface area contributed by atoms with Crippen molar-refractivity contribution in [1.82, 2.24) is 10.3 Å². The van der Waals surface area contributed by atoms with Crippen LogP contribution >= 0.6 is 23.4 Å². The number of oxazole rings is 1. The van der Waals surface area contributed by atoms with Gasteiger partial charge in [-0.1, -0.05) is 48.0 Å². The number of hydrogen-bond donors (Lipinski definition) is 2. The number of ether oxygens (including phenoxy) is 1. The molecule has 0 aliphatic heterocycles. The number of rotatable bonds is 11. The van der Waals surface area contributed by atoms with Gasteiger partial charge in [-0.3, -0.25) is 4.79 Å². The Kier molecular flexibility index (Phi) is 11.5. The molecule has 4 rings (SSSR count). The van der Waals surface area contributed by atoms with Gasteiger partial charge in [0.1, 0.15) is 12.1 Å². The molecule has 204 valence electrons. The quantitative estimate of drug-likeness (QED) is 0.213. The summed E-state index contributed by atoms with van der Waals surface area (Å²) >= 11 is 7.66. The number of aliphatic carboxylic acids is 1. The van der Waals surface area contributed by atoms with E-state index in [9.17, 15) is 14.7 Å². The van der Waals surface area contributed by atoms with E-state index in [1.54, 1.807) is 37.6 Å². The standard InChI is InChI=1S/C30H29ClN2O5S.Li.H/c1-18-7-4-5-10-22(18)24-16-19(11-12-23(24)28(34)33-25(30(35)36)13-14-39-3)27(37-2)26-17-32-29(38-26)20-8-6-9-21(31)15-20;;/h4-12,15-17,25,27H,13-14H2,1-3H3,(H,33,34)(H,35,36);;. The van der Waals surface area contributed by atoms with Gasteiger partial charge in [0.15, 0.2) is 5.76 Å². The number of nitrogens with zero attached hydrogens (tertiary/aromatic N) is 1. The van der Waals surface area contributed by atoms with Crippen molar-refractivity contribution in [1.29, 1.82) is 0 Å². The maximum absolute atomic E-state index is 13.4. The third-order valence-corrected chi connectivity index (χ3v) is 7.21. The SMILES string of the molecule is COC(c1ccc(C(=O)NC(CCSC)C(=O)O)c(-c2ccccc2C)c1)c1cnc(-c2cccc(Cl)c2)o1.[LiH]. The molecule has 1 heterocycles. The van der Waals surface area contributed by atoms with E-state index in [4.69, 9.17) is 20.8 Å². The second-order valence-corrected chi connectivity index (χ2v) is 10.4. The molecule has 10 heteroatoms. The van der Waals surface area contributed by atoms with Crippen molar-refractivity contribution in [2.24, 2.45) is 0 Å². The number of aromatic nitrogens is 1. The number of carbonyl (C=O) groups is 2. The molecule has 0 bridgehead atoms. The van der Waals surface area contributed by atoms with E-state index in [0.29, 0.717) is 40.0 Å². The zero-order chi connectivity index (χ0) is 27.9. The molecule has 1 amide bonds. The third kappa shape index (κ3) is 7.39. The van der Waals surface area contributed by atoms with Crippen molar-refractivity contribution >= 4 is 54.1 Å². The Labute approximate surface area is 254 Å². The first-order chi connectivity index (χ1) is 18.8. The maximum atomic E-state index is 13.4. The molecule has 0 saturated heterocycles. The van der Waals surface area contributed by atoms with Crippen LogP contribution in [-0.4, -0.2) is 66.0 Å². The first kappa shape index (κ1) is 31.5. The molecule has 0 aliphatic carbocycles. The summed E-state index contributed by atoms with van der Waals surface area (Å²) in [5.74, 6) is 0.0000113. The summed E-state index contributed by atoms with van der Waals surface area (Å²) in [5.41, 5.74) is 4.35. The van der Waals surface area contributed by atoms with Crippen LogP contribution in [0.1, 0.15) is 39.8 Å². The molecule has 7 nitrogen and oxygen atoms in total. The summed E-state index contributed by atoms with van der Waals surface area (Å²) in [7, 11) is 1.57. The van der Waals surface area contributed by atoms with Crippen molar-refractivity contribution in [3.8, 4) is 22.6 Å². The van der Waals surface area contributed by atoms with Gasteiger partial charge in [0.05, 0.1) is 6.20 Å². The Morgan fingerprint density at radius 1 is 1.10 bits per heavy atom. The van der Waals surface area contributed by atoms with Gasteiger partial charge >= 0.3 is 24.8 Å². The van der Waals surface area contributed by atoms with Crippen LogP contribution in [0, 0.1) is 6.92 Å². The van der Waals surface area contributed by atoms with Crippen LogP contribution < -0.4 is 5.32 Å². The molecular formula is C30H30ClLiN2O5S. The molecular weight excluding hydrogens is 543 g/mol. The topological polar surface area (TPSA) is 102 Å². The number of aryl methyl sites for hydroxylation is 1. The predicted octanol–water partition coefficient (Wildman–Crippen LogP) is 5.99. The number of benzene rings is 3. The van der Waals surface area contributed by atoms with Gasteiger partial charge in [0.25, 0.3) is 5.91 Å². The fourth-order valence-electron chi connectivity index (χ4n) is 4.33. The van der Waals surface area contributed by atoms with Crippen molar-refractivity contribution in [2.45, 2.75) is 25.5 Å². The minimum atomic E-state index is -1.06. The fraction of sp³-hybridized carbons (Fsp3) is 0.233. The Hall–Kier alpha value is -2.99. The Bertz CT molecular complexity index is 1480. The number of carboxylic acids is 1. The molecule has 2 unspecified atom stereocenters. The zero-order valence-corrected chi connectivity index (χ0v) is 23.4. The molecule has 40 heavy (non-hydrogen) atoms. The summed E-state index contributed by atoms with van der Waals surface area (Å²) in [4.78, 5) is 29.6. The van der Waals surface area contributed by atoms with Gasteiger partial charge in [-0.25, -0.2) is 9.78 Å². The zero-order valence-electron chi connectivity index (χ0n) is 21.8.